The molecule has 4 aromatic rings. The Hall–Kier alpha value is -3.22. The monoisotopic (exact) mass is 560 g/mol. The normalized spacial score (nSPS) is 11.3. The summed E-state index contributed by atoms with van der Waals surface area (Å²) in [5.74, 6) is 2.47. The topological polar surface area (TPSA) is 112 Å². The van der Waals surface area contributed by atoms with Crippen LogP contribution in [0.15, 0.2) is 54.0 Å². The third-order valence-corrected chi connectivity index (χ3v) is 4.99. The van der Waals surface area contributed by atoms with Gasteiger partial charge in [0.1, 0.15) is 18.0 Å². The van der Waals surface area contributed by atoms with Gasteiger partial charge in [0, 0.05) is 27.2 Å². The van der Waals surface area contributed by atoms with E-state index in [-0.39, 0.29) is 24.0 Å². The molecule has 0 atom stereocenters. The zero-order valence-corrected chi connectivity index (χ0v) is 21.3. The fraction of sp³-hybridized carbons (Fsp3) is 0.318. The fourth-order valence-electron chi connectivity index (χ4n) is 3.42. The van der Waals surface area contributed by atoms with Crippen LogP contribution in [0.3, 0.4) is 0 Å². The molecule has 0 aliphatic heterocycles. The molecule has 0 saturated carbocycles. The summed E-state index contributed by atoms with van der Waals surface area (Å²) in [5, 5.41) is 11.8. The van der Waals surface area contributed by atoms with Crippen molar-refractivity contribution in [3.63, 3.8) is 0 Å². The van der Waals surface area contributed by atoms with Gasteiger partial charge in [-0.15, -0.1) is 24.0 Å². The van der Waals surface area contributed by atoms with E-state index in [2.05, 4.69) is 59.6 Å². The Bertz CT molecular complexity index is 1180. The first-order valence-corrected chi connectivity index (χ1v) is 10.6. The van der Waals surface area contributed by atoms with E-state index in [0.717, 1.165) is 46.4 Å². The van der Waals surface area contributed by atoms with Crippen molar-refractivity contribution < 1.29 is 0 Å². The van der Waals surface area contributed by atoms with Crippen LogP contribution in [0.2, 0.25) is 0 Å². The molecule has 0 aliphatic rings. The van der Waals surface area contributed by atoms with Crippen molar-refractivity contribution in [1.29, 1.82) is 0 Å². The van der Waals surface area contributed by atoms with Gasteiger partial charge in [-0.05, 0) is 12.5 Å². The minimum absolute atomic E-state index is 0. The first-order chi connectivity index (χ1) is 15.7. The molecular formula is C22H29IN10. The van der Waals surface area contributed by atoms with E-state index < -0.39 is 0 Å². The van der Waals surface area contributed by atoms with Crippen molar-refractivity contribution in [2.75, 3.05) is 32.0 Å². The summed E-state index contributed by atoms with van der Waals surface area (Å²) in [6, 6.07) is 10.2. The molecule has 1 aromatic carbocycles. The second kappa shape index (κ2) is 11.6. The fourth-order valence-corrected chi connectivity index (χ4v) is 3.42. The van der Waals surface area contributed by atoms with Crippen molar-refractivity contribution in [2.45, 2.75) is 13.5 Å². The molecule has 3 N–H and O–H groups in total. The lowest BCUT2D eigenvalue weighted by Crippen LogP contribution is -2.39. The minimum Gasteiger partial charge on any atom is -0.367 e. The molecule has 0 amide bonds. The Balaban J connectivity index is 0.00000306. The number of halogens is 1. The third kappa shape index (κ3) is 5.97. The summed E-state index contributed by atoms with van der Waals surface area (Å²) in [6.07, 6.45) is 5.18. The maximum atomic E-state index is 4.74. The number of fused-ring (bicyclic) bond motifs is 1. The lowest BCUT2D eigenvalue weighted by molar-refractivity contribution is 0.464. The Morgan fingerprint density at radius 1 is 1.15 bits per heavy atom. The number of hydrogen-bond acceptors (Lipinski definition) is 6. The zero-order valence-electron chi connectivity index (χ0n) is 19.0. The summed E-state index contributed by atoms with van der Waals surface area (Å²) in [4.78, 5) is 23.3. The van der Waals surface area contributed by atoms with Gasteiger partial charge in [0.15, 0.2) is 11.6 Å². The molecule has 3 heterocycles. The summed E-state index contributed by atoms with van der Waals surface area (Å²) in [5.41, 5.74) is 2.92. The van der Waals surface area contributed by atoms with Gasteiger partial charge in [0.05, 0.1) is 36.6 Å². The zero-order chi connectivity index (χ0) is 22.3. The number of aromatic amines is 1. The van der Waals surface area contributed by atoms with Gasteiger partial charge >= 0.3 is 0 Å². The van der Waals surface area contributed by atoms with Gasteiger partial charge in [0.2, 0.25) is 0 Å². The molecule has 33 heavy (non-hydrogen) atoms. The number of H-pyrrole nitrogens is 1. The number of benzene rings is 1. The number of aliphatic imine (C=N–C) groups is 1. The quantitative estimate of drug-likeness (QED) is 0.132. The summed E-state index contributed by atoms with van der Waals surface area (Å²) in [7, 11) is 3.87. The molecule has 0 unspecified atom stereocenters. The highest BCUT2D eigenvalue weighted by atomic mass is 127. The largest absolute Gasteiger partial charge is 0.367 e. The summed E-state index contributed by atoms with van der Waals surface area (Å²) < 4.78 is 1.73. The molecule has 0 bridgehead atoms. The number of anilines is 1. The maximum absolute atomic E-state index is 4.74. The third-order valence-electron chi connectivity index (χ3n) is 4.99. The molecular weight excluding hydrogens is 531 g/mol. The number of hydrogen-bond donors (Lipinski definition) is 3. The van der Waals surface area contributed by atoms with Crippen LogP contribution in [-0.2, 0) is 13.6 Å². The predicted molar refractivity (Wildman–Crippen MR) is 142 cm³/mol. The van der Waals surface area contributed by atoms with Crippen molar-refractivity contribution in [3.05, 3.63) is 54.9 Å². The lowest BCUT2D eigenvalue weighted by atomic mass is 10.2. The molecule has 0 spiro atoms. The average molecular weight is 560 g/mol. The van der Waals surface area contributed by atoms with Crippen LogP contribution >= 0.6 is 24.0 Å². The van der Waals surface area contributed by atoms with Crippen LogP contribution in [-0.4, -0.2) is 67.3 Å². The number of aromatic nitrogens is 6. The second-order valence-corrected chi connectivity index (χ2v) is 7.36. The van der Waals surface area contributed by atoms with Crippen molar-refractivity contribution in [2.24, 2.45) is 12.0 Å². The molecule has 0 radical (unpaired) electrons. The molecule has 4 rings (SSSR count). The van der Waals surface area contributed by atoms with Gasteiger partial charge in [-0.25, -0.2) is 15.0 Å². The van der Waals surface area contributed by atoms with Crippen molar-refractivity contribution >= 4 is 46.8 Å². The predicted octanol–water partition coefficient (Wildman–Crippen LogP) is 2.88. The van der Waals surface area contributed by atoms with E-state index in [9.17, 15) is 0 Å². The van der Waals surface area contributed by atoms with Gasteiger partial charge in [-0.3, -0.25) is 9.67 Å². The van der Waals surface area contributed by atoms with Crippen molar-refractivity contribution in [1.82, 2.24) is 39.9 Å². The number of nitrogens with one attached hydrogen (secondary N) is 3. The van der Waals surface area contributed by atoms with Crippen LogP contribution in [0, 0.1) is 0 Å². The minimum atomic E-state index is 0. The first kappa shape index (κ1) is 24.4. The van der Waals surface area contributed by atoms with Gasteiger partial charge in [-0.1, -0.05) is 30.3 Å². The number of aryl methyl sites for hydroxylation is 1. The molecule has 0 saturated heterocycles. The van der Waals surface area contributed by atoms with E-state index in [1.165, 1.54) is 0 Å². The SMILES string of the molecule is CCNC(=NCCNc1ncnc2c1cnn2C)N(C)Cc1ncc(-c2ccccc2)[nH]1.I. The second-order valence-electron chi connectivity index (χ2n) is 7.36. The molecule has 10 nitrogen and oxygen atoms in total. The van der Waals surface area contributed by atoms with E-state index in [1.54, 1.807) is 17.2 Å². The smallest absolute Gasteiger partial charge is 0.194 e. The Morgan fingerprint density at radius 2 is 1.97 bits per heavy atom. The Labute approximate surface area is 210 Å². The number of rotatable bonds is 8. The summed E-state index contributed by atoms with van der Waals surface area (Å²) in [6.45, 7) is 4.69. The van der Waals surface area contributed by atoms with E-state index in [1.807, 2.05) is 38.5 Å². The van der Waals surface area contributed by atoms with E-state index in [0.29, 0.717) is 19.6 Å². The van der Waals surface area contributed by atoms with Crippen LogP contribution < -0.4 is 10.6 Å². The van der Waals surface area contributed by atoms with E-state index >= 15 is 0 Å². The number of guanidine groups is 1. The van der Waals surface area contributed by atoms with Crippen molar-refractivity contribution in [3.8, 4) is 11.3 Å². The molecule has 0 fully saturated rings. The first-order valence-electron chi connectivity index (χ1n) is 10.6. The van der Waals surface area contributed by atoms with Crippen LogP contribution in [0.1, 0.15) is 12.7 Å². The Kier molecular flexibility index (Phi) is 8.58. The lowest BCUT2D eigenvalue weighted by Gasteiger charge is -2.21. The van der Waals surface area contributed by atoms with Crippen LogP contribution in [0.5, 0.6) is 0 Å². The highest BCUT2D eigenvalue weighted by molar-refractivity contribution is 14.0. The van der Waals surface area contributed by atoms with Gasteiger partial charge in [-0.2, -0.15) is 5.10 Å². The number of imidazole rings is 1. The highest BCUT2D eigenvalue weighted by Crippen LogP contribution is 2.18. The van der Waals surface area contributed by atoms with Gasteiger partial charge < -0.3 is 20.5 Å². The highest BCUT2D eigenvalue weighted by Gasteiger charge is 2.10. The van der Waals surface area contributed by atoms with Crippen LogP contribution in [0.25, 0.3) is 22.3 Å². The van der Waals surface area contributed by atoms with Crippen LogP contribution in [0.4, 0.5) is 5.82 Å². The Morgan fingerprint density at radius 3 is 2.76 bits per heavy atom. The van der Waals surface area contributed by atoms with E-state index in [4.69, 9.17) is 4.99 Å². The van der Waals surface area contributed by atoms with Gasteiger partial charge in [0.25, 0.3) is 0 Å². The molecule has 3 aromatic heterocycles. The number of nitrogens with zero attached hydrogens (tertiary/aromatic N) is 7. The average Bonchev–Trinajstić information content (AvgIpc) is 3.44. The molecule has 174 valence electrons. The maximum Gasteiger partial charge on any atom is 0.194 e. The summed E-state index contributed by atoms with van der Waals surface area (Å²) >= 11 is 0. The molecule has 0 aliphatic carbocycles. The molecule has 11 heteroatoms. The standard InChI is InChI=1S/C22H28N10.HI/c1-4-23-22(25-11-10-24-20-17-12-29-32(3)21(17)28-15-27-20)31(2)14-19-26-13-18(30-19)16-8-6-5-7-9-16;/h5-9,12-13,15H,4,10-11,14H2,1-3H3,(H,23,25)(H,26,30)(H,24,27,28);1H.